The summed E-state index contributed by atoms with van der Waals surface area (Å²) < 4.78 is 0. The molecule has 4 nitrogen and oxygen atoms in total. The summed E-state index contributed by atoms with van der Waals surface area (Å²) in [6.45, 7) is 7.67. The molecule has 0 aliphatic heterocycles. The lowest BCUT2D eigenvalue weighted by atomic mass is 10.3. The van der Waals surface area contributed by atoms with Crippen LogP contribution in [0.5, 0.6) is 0 Å². The number of carbonyl (C=O) groups excluding carboxylic acids is 1. The zero-order chi connectivity index (χ0) is 15.2. The van der Waals surface area contributed by atoms with Crippen molar-refractivity contribution < 1.29 is 4.79 Å². The van der Waals surface area contributed by atoms with Crippen LogP contribution in [0, 0.1) is 13.8 Å². The number of anilines is 1. The molecule has 2 N–H and O–H groups in total. The average Bonchev–Trinajstić information content (AvgIpc) is 2.81. The fraction of sp³-hybridized carbons (Fsp3) is 0.375. The number of pyridine rings is 1. The van der Waals surface area contributed by atoms with E-state index in [4.69, 9.17) is 0 Å². The van der Waals surface area contributed by atoms with Crippen LogP contribution in [-0.2, 0) is 6.54 Å². The fourth-order valence-corrected chi connectivity index (χ4v) is 2.90. The van der Waals surface area contributed by atoms with Gasteiger partial charge in [-0.2, -0.15) is 0 Å². The Morgan fingerprint density at radius 2 is 2.14 bits per heavy atom. The lowest BCUT2D eigenvalue weighted by molar-refractivity contribution is 0.0946. The Balaban J connectivity index is 1.96. The van der Waals surface area contributed by atoms with Gasteiger partial charge in [-0.05, 0) is 44.0 Å². The first kappa shape index (κ1) is 15.5. The number of nitrogens with one attached hydrogen (secondary N) is 2. The number of hydrogen-bond donors (Lipinski definition) is 2. The number of thiophene rings is 1. The van der Waals surface area contributed by atoms with Crippen LogP contribution >= 0.6 is 11.3 Å². The van der Waals surface area contributed by atoms with Crippen molar-refractivity contribution in [1.29, 1.82) is 0 Å². The summed E-state index contributed by atoms with van der Waals surface area (Å²) in [5, 5.41) is 6.11. The van der Waals surface area contributed by atoms with Gasteiger partial charge in [0.15, 0.2) is 0 Å². The van der Waals surface area contributed by atoms with Gasteiger partial charge in [0.25, 0.3) is 5.91 Å². The first-order chi connectivity index (χ1) is 10.1. The highest BCUT2D eigenvalue weighted by atomic mass is 32.1. The van der Waals surface area contributed by atoms with Gasteiger partial charge in [0.2, 0.25) is 0 Å². The molecule has 2 aromatic heterocycles. The maximum Gasteiger partial charge on any atom is 0.270 e. The summed E-state index contributed by atoms with van der Waals surface area (Å²) in [5.74, 6) is 0.603. The molecule has 0 unspecified atom stereocenters. The van der Waals surface area contributed by atoms with Crippen LogP contribution in [0.25, 0.3) is 0 Å². The monoisotopic (exact) mass is 303 g/mol. The van der Waals surface area contributed by atoms with Crippen molar-refractivity contribution in [2.45, 2.75) is 33.7 Å². The minimum absolute atomic E-state index is 0.140. The first-order valence-electron chi connectivity index (χ1n) is 7.15. The van der Waals surface area contributed by atoms with Gasteiger partial charge in [-0.25, -0.2) is 4.98 Å². The molecule has 0 aromatic carbocycles. The van der Waals surface area contributed by atoms with Crippen molar-refractivity contribution in [2.75, 3.05) is 11.9 Å². The molecule has 2 rings (SSSR count). The minimum Gasteiger partial charge on any atom is -0.370 e. The molecule has 0 saturated carbocycles. The molecule has 1 amide bonds. The third-order valence-electron chi connectivity index (χ3n) is 3.18. The van der Waals surface area contributed by atoms with Gasteiger partial charge in [0, 0.05) is 16.3 Å². The van der Waals surface area contributed by atoms with Crippen LogP contribution in [0.3, 0.4) is 0 Å². The average molecular weight is 303 g/mol. The predicted molar refractivity (Wildman–Crippen MR) is 88.0 cm³/mol. The lowest BCUT2D eigenvalue weighted by Gasteiger charge is -2.06. The van der Waals surface area contributed by atoms with Gasteiger partial charge in [0.05, 0.1) is 6.54 Å². The van der Waals surface area contributed by atoms with Gasteiger partial charge in [-0.15, -0.1) is 11.3 Å². The van der Waals surface area contributed by atoms with E-state index in [0.717, 1.165) is 18.8 Å². The van der Waals surface area contributed by atoms with Crippen molar-refractivity contribution in [3.63, 3.8) is 0 Å². The fourth-order valence-electron chi connectivity index (χ4n) is 1.91. The quantitative estimate of drug-likeness (QED) is 0.858. The van der Waals surface area contributed by atoms with Crippen molar-refractivity contribution in [3.05, 3.63) is 45.3 Å². The van der Waals surface area contributed by atoms with Crippen molar-refractivity contribution in [1.82, 2.24) is 10.3 Å². The molecule has 0 aliphatic rings. The number of nitrogens with zero attached hydrogens (tertiary/aromatic N) is 1. The summed E-state index contributed by atoms with van der Waals surface area (Å²) in [6.07, 6.45) is 1.02. The number of aryl methyl sites for hydroxylation is 2. The SMILES string of the molecule is CCCNc1cccc(C(=O)NCc2cc(C)c(C)s2)n1. The Morgan fingerprint density at radius 1 is 1.33 bits per heavy atom. The van der Waals surface area contributed by atoms with E-state index in [1.807, 2.05) is 12.1 Å². The predicted octanol–water partition coefficient (Wildman–Crippen LogP) is 3.51. The standard InChI is InChI=1S/C16H21N3OS/c1-4-8-17-15-7-5-6-14(19-15)16(20)18-10-13-9-11(2)12(3)21-13/h5-7,9H,4,8,10H2,1-3H3,(H,17,19)(H,18,20). The molecule has 112 valence electrons. The highest BCUT2D eigenvalue weighted by molar-refractivity contribution is 7.12. The van der Waals surface area contributed by atoms with E-state index >= 15 is 0 Å². The minimum atomic E-state index is -0.140. The van der Waals surface area contributed by atoms with Crippen LogP contribution in [0.1, 0.15) is 39.2 Å². The molecule has 0 saturated heterocycles. The van der Waals surface area contributed by atoms with Gasteiger partial charge in [0.1, 0.15) is 11.5 Å². The zero-order valence-corrected chi connectivity index (χ0v) is 13.5. The summed E-state index contributed by atoms with van der Waals surface area (Å²) in [6, 6.07) is 7.57. The summed E-state index contributed by atoms with van der Waals surface area (Å²) in [4.78, 5) is 18.9. The lowest BCUT2D eigenvalue weighted by Crippen LogP contribution is -2.23. The largest absolute Gasteiger partial charge is 0.370 e. The molecular formula is C16H21N3OS. The molecule has 2 heterocycles. The normalized spacial score (nSPS) is 10.4. The highest BCUT2D eigenvalue weighted by Gasteiger charge is 2.09. The van der Waals surface area contributed by atoms with Crippen LogP contribution in [-0.4, -0.2) is 17.4 Å². The summed E-state index contributed by atoms with van der Waals surface area (Å²) in [5.41, 5.74) is 1.72. The Labute approximate surface area is 129 Å². The molecule has 0 radical (unpaired) electrons. The second-order valence-corrected chi connectivity index (χ2v) is 6.31. The van der Waals surface area contributed by atoms with Crippen molar-refractivity contribution in [3.8, 4) is 0 Å². The number of hydrogen-bond acceptors (Lipinski definition) is 4. The molecule has 2 aromatic rings. The maximum atomic E-state index is 12.1. The molecule has 0 spiro atoms. The number of rotatable bonds is 6. The molecule has 5 heteroatoms. The van der Waals surface area contributed by atoms with Gasteiger partial charge < -0.3 is 10.6 Å². The number of carbonyl (C=O) groups is 1. The van der Waals surface area contributed by atoms with E-state index in [1.54, 1.807) is 17.4 Å². The molecule has 0 fully saturated rings. The Bertz CT molecular complexity index is 602. The van der Waals surface area contributed by atoms with Crippen LogP contribution in [0.2, 0.25) is 0 Å². The van der Waals surface area contributed by atoms with Gasteiger partial charge in [-0.1, -0.05) is 13.0 Å². The topological polar surface area (TPSA) is 54.0 Å². The Kier molecular flexibility index (Phi) is 5.33. The number of amides is 1. The molecule has 0 atom stereocenters. The summed E-state index contributed by atoms with van der Waals surface area (Å²) in [7, 11) is 0. The van der Waals surface area contributed by atoms with Gasteiger partial charge >= 0.3 is 0 Å². The van der Waals surface area contributed by atoms with E-state index < -0.39 is 0 Å². The third kappa shape index (κ3) is 4.29. The summed E-state index contributed by atoms with van der Waals surface area (Å²) >= 11 is 1.72. The molecule has 0 bridgehead atoms. The highest BCUT2D eigenvalue weighted by Crippen LogP contribution is 2.20. The van der Waals surface area contributed by atoms with Crippen LogP contribution in [0.15, 0.2) is 24.3 Å². The Hall–Kier alpha value is -1.88. The maximum absolute atomic E-state index is 12.1. The van der Waals surface area contributed by atoms with E-state index in [2.05, 4.69) is 42.5 Å². The van der Waals surface area contributed by atoms with Gasteiger partial charge in [-0.3, -0.25) is 4.79 Å². The Morgan fingerprint density at radius 3 is 2.81 bits per heavy atom. The molecular weight excluding hydrogens is 282 g/mol. The third-order valence-corrected chi connectivity index (χ3v) is 4.33. The molecule has 0 aliphatic carbocycles. The first-order valence-corrected chi connectivity index (χ1v) is 7.97. The van der Waals surface area contributed by atoms with Crippen LogP contribution in [0.4, 0.5) is 5.82 Å². The van der Waals surface area contributed by atoms with Crippen molar-refractivity contribution >= 4 is 23.1 Å². The molecule has 21 heavy (non-hydrogen) atoms. The van der Waals surface area contributed by atoms with Crippen molar-refractivity contribution in [2.24, 2.45) is 0 Å². The second kappa shape index (κ2) is 7.22. The second-order valence-electron chi connectivity index (χ2n) is 4.97. The van der Waals surface area contributed by atoms with E-state index in [-0.39, 0.29) is 5.91 Å². The smallest absolute Gasteiger partial charge is 0.270 e. The van der Waals surface area contributed by atoms with Crippen LogP contribution < -0.4 is 10.6 Å². The number of aromatic nitrogens is 1. The van der Waals surface area contributed by atoms with E-state index in [1.165, 1.54) is 15.3 Å². The van der Waals surface area contributed by atoms with E-state index in [9.17, 15) is 4.79 Å². The van der Waals surface area contributed by atoms with E-state index in [0.29, 0.717) is 12.2 Å². The zero-order valence-electron chi connectivity index (χ0n) is 12.7.